The van der Waals surface area contributed by atoms with Crippen molar-refractivity contribution in [1.82, 2.24) is 10.3 Å². The summed E-state index contributed by atoms with van der Waals surface area (Å²) in [7, 11) is 0. The highest BCUT2D eigenvalue weighted by atomic mass is 16.5. The second kappa shape index (κ2) is 7.97. The number of nitrogens with one attached hydrogen (secondary N) is 1. The van der Waals surface area contributed by atoms with Gasteiger partial charge in [-0.2, -0.15) is 0 Å². The molecule has 25 heavy (non-hydrogen) atoms. The Morgan fingerprint density at radius 2 is 1.80 bits per heavy atom. The van der Waals surface area contributed by atoms with Gasteiger partial charge in [-0.25, -0.2) is 4.98 Å². The number of nitrogens with two attached hydrogens (primary N) is 1. The van der Waals surface area contributed by atoms with E-state index >= 15 is 0 Å². The van der Waals surface area contributed by atoms with Gasteiger partial charge in [-0.3, -0.25) is 4.79 Å². The van der Waals surface area contributed by atoms with Crippen molar-refractivity contribution < 1.29 is 9.53 Å². The van der Waals surface area contributed by atoms with Crippen LogP contribution in [-0.4, -0.2) is 24.0 Å². The number of pyridine rings is 1. The highest BCUT2D eigenvalue weighted by Crippen LogP contribution is 2.19. The van der Waals surface area contributed by atoms with Crippen LogP contribution in [0.2, 0.25) is 0 Å². The Kier molecular flexibility index (Phi) is 5.26. The second-order valence-electron chi connectivity index (χ2n) is 5.45. The lowest BCUT2D eigenvalue weighted by atomic mass is 10.1. The molecule has 0 spiro atoms. The molecule has 0 saturated carbocycles. The number of hydrogen-bond donors (Lipinski definition) is 2. The fourth-order valence-corrected chi connectivity index (χ4v) is 2.36. The number of hydrogen-bond acceptors (Lipinski definition) is 4. The molecule has 0 aliphatic heterocycles. The Balaban J connectivity index is 1.58. The monoisotopic (exact) mass is 333 g/mol. The molecule has 0 radical (unpaired) electrons. The number of rotatable bonds is 6. The molecule has 0 bridgehead atoms. The fourth-order valence-electron chi connectivity index (χ4n) is 2.36. The third-order valence-electron chi connectivity index (χ3n) is 3.56. The molecular formula is C20H19N3O2. The number of carbonyl (C=O) groups is 1. The van der Waals surface area contributed by atoms with Crippen LogP contribution < -0.4 is 15.8 Å². The molecule has 5 heteroatoms. The number of para-hydroxylation sites is 1. The molecule has 126 valence electrons. The van der Waals surface area contributed by atoms with Crippen LogP contribution >= 0.6 is 0 Å². The third-order valence-corrected chi connectivity index (χ3v) is 3.56. The minimum absolute atomic E-state index is 0.234. The quantitative estimate of drug-likeness (QED) is 0.537. The number of ether oxygens (including phenoxy) is 1. The van der Waals surface area contributed by atoms with Gasteiger partial charge in [0.2, 0.25) is 0 Å². The number of carbonyl (C=O) groups excluding carboxylic acids is 1. The number of anilines is 1. The molecule has 0 aliphatic rings. The SMILES string of the molecule is Nc1cccc(-c2cccc(C(=O)NCCOc3ccccc3)n2)c1. The average molecular weight is 333 g/mol. The zero-order valence-corrected chi connectivity index (χ0v) is 13.7. The number of aromatic nitrogens is 1. The largest absolute Gasteiger partial charge is 0.492 e. The first-order chi connectivity index (χ1) is 12.2. The van der Waals surface area contributed by atoms with E-state index < -0.39 is 0 Å². The molecule has 2 aromatic carbocycles. The highest BCUT2D eigenvalue weighted by molar-refractivity contribution is 5.92. The van der Waals surface area contributed by atoms with Gasteiger partial charge in [0.05, 0.1) is 12.2 Å². The van der Waals surface area contributed by atoms with E-state index in [4.69, 9.17) is 10.5 Å². The molecule has 0 unspecified atom stereocenters. The summed E-state index contributed by atoms with van der Waals surface area (Å²) in [6.45, 7) is 0.794. The van der Waals surface area contributed by atoms with Crippen LogP contribution in [0.5, 0.6) is 5.75 Å². The lowest BCUT2D eigenvalue weighted by Gasteiger charge is -2.08. The van der Waals surface area contributed by atoms with Crippen LogP contribution in [0.1, 0.15) is 10.5 Å². The predicted octanol–water partition coefficient (Wildman–Crippen LogP) is 3.14. The molecule has 0 aliphatic carbocycles. The van der Waals surface area contributed by atoms with Crippen molar-refractivity contribution in [1.29, 1.82) is 0 Å². The summed E-state index contributed by atoms with van der Waals surface area (Å²) < 4.78 is 5.55. The zero-order valence-electron chi connectivity index (χ0n) is 13.7. The van der Waals surface area contributed by atoms with E-state index in [1.165, 1.54) is 0 Å². The minimum Gasteiger partial charge on any atom is -0.492 e. The summed E-state index contributed by atoms with van der Waals surface area (Å²) in [4.78, 5) is 16.7. The van der Waals surface area contributed by atoms with Crippen LogP contribution in [0.15, 0.2) is 72.8 Å². The van der Waals surface area contributed by atoms with Crippen molar-refractivity contribution >= 4 is 11.6 Å². The van der Waals surface area contributed by atoms with Gasteiger partial charge >= 0.3 is 0 Å². The fraction of sp³-hybridized carbons (Fsp3) is 0.100. The van der Waals surface area contributed by atoms with E-state index in [1.807, 2.05) is 60.7 Å². The number of benzene rings is 2. The number of amides is 1. The van der Waals surface area contributed by atoms with E-state index in [9.17, 15) is 4.79 Å². The summed E-state index contributed by atoms with van der Waals surface area (Å²) in [5, 5.41) is 2.81. The van der Waals surface area contributed by atoms with Gasteiger partial charge in [-0.05, 0) is 36.4 Å². The molecule has 3 N–H and O–H groups in total. The van der Waals surface area contributed by atoms with Gasteiger partial charge in [0.25, 0.3) is 5.91 Å². The minimum atomic E-state index is -0.234. The van der Waals surface area contributed by atoms with E-state index in [2.05, 4.69) is 10.3 Å². The van der Waals surface area contributed by atoms with Crippen molar-refractivity contribution in [2.75, 3.05) is 18.9 Å². The number of nitrogens with zero attached hydrogens (tertiary/aromatic N) is 1. The topological polar surface area (TPSA) is 77.2 Å². The first-order valence-electron chi connectivity index (χ1n) is 8.01. The Hall–Kier alpha value is -3.34. The lowest BCUT2D eigenvalue weighted by molar-refractivity contribution is 0.0942. The van der Waals surface area contributed by atoms with E-state index in [-0.39, 0.29) is 5.91 Å². The van der Waals surface area contributed by atoms with E-state index in [0.29, 0.717) is 30.2 Å². The molecule has 5 nitrogen and oxygen atoms in total. The molecule has 1 amide bonds. The van der Waals surface area contributed by atoms with Crippen LogP contribution in [0.4, 0.5) is 5.69 Å². The summed E-state index contributed by atoms with van der Waals surface area (Å²) in [5.74, 6) is 0.543. The van der Waals surface area contributed by atoms with Crippen LogP contribution in [-0.2, 0) is 0 Å². The maximum Gasteiger partial charge on any atom is 0.270 e. The Bertz CT molecular complexity index is 850. The van der Waals surface area contributed by atoms with Gasteiger partial charge in [-0.15, -0.1) is 0 Å². The van der Waals surface area contributed by atoms with Gasteiger partial charge in [0.15, 0.2) is 0 Å². The second-order valence-corrected chi connectivity index (χ2v) is 5.45. The Morgan fingerprint density at radius 3 is 2.60 bits per heavy atom. The van der Waals surface area contributed by atoms with Crippen molar-refractivity contribution in [3.63, 3.8) is 0 Å². The van der Waals surface area contributed by atoms with Gasteiger partial charge < -0.3 is 15.8 Å². The van der Waals surface area contributed by atoms with Crippen molar-refractivity contribution in [2.45, 2.75) is 0 Å². The maximum atomic E-state index is 12.3. The third kappa shape index (κ3) is 4.57. The summed E-state index contributed by atoms with van der Waals surface area (Å²) in [5.41, 5.74) is 8.41. The summed E-state index contributed by atoms with van der Waals surface area (Å²) in [6.07, 6.45) is 0. The maximum absolute atomic E-state index is 12.3. The van der Waals surface area contributed by atoms with E-state index in [1.54, 1.807) is 12.1 Å². The molecule has 3 aromatic rings. The molecule has 0 fully saturated rings. The first kappa shape index (κ1) is 16.5. The first-order valence-corrected chi connectivity index (χ1v) is 8.01. The molecule has 0 saturated heterocycles. The normalized spacial score (nSPS) is 10.2. The van der Waals surface area contributed by atoms with Gasteiger partial charge in [0.1, 0.15) is 18.1 Å². The van der Waals surface area contributed by atoms with Crippen molar-refractivity contribution in [3.8, 4) is 17.0 Å². The zero-order chi connectivity index (χ0) is 17.5. The molecular weight excluding hydrogens is 314 g/mol. The predicted molar refractivity (Wildman–Crippen MR) is 98.4 cm³/mol. The molecule has 3 rings (SSSR count). The smallest absolute Gasteiger partial charge is 0.270 e. The molecule has 1 aromatic heterocycles. The molecule has 1 heterocycles. The van der Waals surface area contributed by atoms with Gasteiger partial charge in [0, 0.05) is 11.3 Å². The number of nitrogen functional groups attached to an aromatic ring is 1. The lowest BCUT2D eigenvalue weighted by Crippen LogP contribution is -2.28. The Labute approximate surface area is 146 Å². The van der Waals surface area contributed by atoms with Crippen LogP contribution in [0, 0.1) is 0 Å². The van der Waals surface area contributed by atoms with Crippen LogP contribution in [0.3, 0.4) is 0 Å². The van der Waals surface area contributed by atoms with Gasteiger partial charge in [-0.1, -0.05) is 36.4 Å². The van der Waals surface area contributed by atoms with Crippen molar-refractivity contribution in [3.05, 3.63) is 78.5 Å². The Morgan fingerprint density at radius 1 is 1.00 bits per heavy atom. The summed E-state index contributed by atoms with van der Waals surface area (Å²) >= 11 is 0. The van der Waals surface area contributed by atoms with Crippen molar-refractivity contribution in [2.24, 2.45) is 0 Å². The average Bonchev–Trinajstić information content (AvgIpc) is 2.66. The molecule has 0 atom stereocenters. The van der Waals surface area contributed by atoms with Crippen LogP contribution in [0.25, 0.3) is 11.3 Å². The highest BCUT2D eigenvalue weighted by Gasteiger charge is 2.08. The van der Waals surface area contributed by atoms with E-state index in [0.717, 1.165) is 11.3 Å². The summed E-state index contributed by atoms with van der Waals surface area (Å²) in [6, 6.07) is 22.2. The standard InChI is InChI=1S/C20H19N3O2/c21-16-7-4-6-15(14-16)18-10-5-11-19(23-18)20(24)22-12-13-25-17-8-2-1-3-9-17/h1-11,14H,12-13,21H2,(H,22,24).